The number of fused-ring (bicyclic) bond motifs is 1. The predicted octanol–water partition coefficient (Wildman–Crippen LogP) is 0.736. The van der Waals surface area contributed by atoms with Crippen LogP contribution in [0.1, 0.15) is 11.3 Å². The van der Waals surface area contributed by atoms with Crippen LogP contribution in [0.4, 0.5) is 5.13 Å². The zero-order chi connectivity index (χ0) is 15.7. The molecule has 0 radical (unpaired) electrons. The van der Waals surface area contributed by atoms with Crippen molar-refractivity contribution in [1.29, 1.82) is 0 Å². The minimum atomic E-state index is -0.337. The number of hydrogen-bond acceptors (Lipinski definition) is 8. The van der Waals surface area contributed by atoms with Gasteiger partial charge in [-0.15, -0.1) is 15.3 Å². The van der Waals surface area contributed by atoms with Gasteiger partial charge in [0.1, 0.15) is 17.2 Å². The van der Waals surface area contributed by atoms with E-state index >= 15 is 0 Å². The molecule has 0 aliphatic heterocycles. The van der Waals surface area contributed by atoms with Crippen LogP contribution in [0.15, 0.2) is 23.0 Å². The van der Waals surface area contributed by atoms with Gasteiger partial charge in [0.05, 0.1) is 14.2 Å². The summed E-state index contributed by atoms with van der Waals surface area (Å²) < 4.78 is 11.6. The number of rotatable bonds is 4. The van der Waals surface area contributed by atoms with Crippen LogP contribution in [0.25, 0.3) is 4.96 Å². The Hall–Kier alpha value is -2.68. The van der Waals surface area contributed by atoms with Crippen LogP contribution in [-0.4, -0.2) is 34.0 Å². The molecular weight excluding hydrogens is 306 g/mol. The molecule has 8 nitrogen and oxygen atoms in total. The van der Waals surface area contributed by atoms with Gasteiger partial charge in [0.15, 0.2) is 0 Å². The van der Waals surface area contributed by atoms with Crippen LogP contribution in [-0.2, 0) is 6.42 Å². The molecule has 0 amide bonds. The minimum Gasteiger partial charge on any atom is -0.497 e. The van der Waals surface area contributed by atoms with Crippen LogP contribution in [0.3, 0.4) is 0 Å². The Morgan fingerprint density at radius 3 is 2.82 bits per heavy atom. The van der Waals surface area contributed by atoms with Gasteiger partial charge in [0.2, 0.25) is 10.1 Å². The number of nitrogen functional groups attached to an aromatic ring is 1. The Bertz CT molecular complexity index is 889. The third-order valence-electron chi connectivity index (χ3n) is 3.12. The van der Waals surface area contributed by atoms with Gasteiger partial charge in [-0.1, -0.05) is 17.4 Å². The van der Waals surface area contributed by atoms with E-state index in [4.69, 9.17) is 15.2 Å². The Morgan fingerprint density at radius 2 is 2.09 bits per heavy atom. The first-order valence-corrected chi connectivity index (χ1v) is 7.16. The first kappa shape index (κ1) is 14.3. The van der Waals surface area contributed by atoms with Crippen molar-refractivity contribution in [3.05, 3.63) is 39.8 Å². The van der Waals surface area contributed by atoms with Gasteiger partial charge < -0.3 is 15.2 Å². The summed E-state index contributed by atoms with van der Waals surface area (Å²) in [6.45, 7) is 0. The number of aromatic nitrogens is 4. The highest BCUT2D eigenvalue weighted by molar-refractivity contribution is 7.20. The van der Waals surface area contributed by atoms with Crippen molar-refractivity contribution < 1.29 is 9.47 Å². The average Bonchev–Trinajstić information content (AvgIpc) is 2.91. The summed E-state index contributed by atoms with van der Waals surface area (Å²) in [5, 5.41) is 12.2. The number of methoxy groups -OCH3 is 2. The lowest BCUT2D eigenvalue weighted by Crippen LogP contribution is -2.22. The Morgan fingerprint density at radius 1 is 1.27 bits per heavy atom. The maximum Gasteiger partial charge on any atom is 0.297 e. The molecule has 9 heteroatoms. The van der Waals surface area contributed by atoms with Crippen molar-refractivity contribution in [2.24, 2.45) is 0 Å². The van der Waals surface area contributed by atoms with E-state index in [9.17, 15) is 4.79 Å². The van der Waals surface area contributed by atoms with Crippen molar-refractivity contribution in [3.63, 3.8) is 0 Å². The monoisotopic (exact) mass is 319 g/mol. The van der Waals surface area contributed by atoms with Gasteiger partial charge >= 0.3 is 0 Å². The van der Waals surface area contributed by atoms with Crippen molar-refractivity contribution in [2.45, 2.75) is 6.42 Å². The second-order valence-electron chi connectivity index (χ2n) is 4.44. The van der Waals surface area contributed by atoms with Gasteiger partial charge in [-0.05, 0) is 6.07 Å². The van der Waals surface area contributed by atoms with Crippen LogP contribution < -0.4 is 20.8 Å². The second-order valence-corrected chi connectivity index (χ2v) is 5.43. The highest BCUT2D eigenvalue weighted by Crippen LogP contribution is 2.25. The van der Waals surface area contributed by atoms with Crippen LogP contribution in [0, 0.1) is 0 Å². The van der Waals surface area contributed by atoms with E-state index < -0.39 is 0 Å². The third kappa shape index (κ3) is 2.46. The molecule has 0 atom stereocenters. The molecular formula is C13H13N5O3S. The van der Waals surface area contributed by atoms with Crippen molar-refractivity contribution >= 4 is 21.4 Å². The minimum absolute atomic E-state index is 0.269. The molecule has 3 aromatic rings. The smallest absolute Gasteiger partial charge is 0.297 e. The molecule has 0 unspecified atom stereocenters. The molecule has 2 heterocycles. The van der Waals surface area contributed by atoms with Crippen molar-refractivity contribution in [1.82, 2.24) is 19.8 Å². The zero-order valence-electron chi connectivity index (χ0n) is 11.9. The molecule has 0 bridgehead atoms. The summed E-state index contributed by atoms with van der Waals surface area (Å²) in [4.78, 5) is 12.7. The molecule has 0 aliphatic carbocycles. The van der Waals surface area contributed by atoms with Crippen molar-refractivity contribution in [3.8, 4) is 11.5 Å². The van der Waals surface area contributed by atoms with Gasteiger partial charge in [0.25, 0.3) is 5.56 Å². The summed E-state index contributed by atoms with van der Waals surface area (Å²) in [6, 6.07) is 5.37. The predicted molar refractivity (Wildman–Crippen MR) is 81.7 cm³/mol. The number of benzene rings is 1. The second kappa shape index (κ2) is 5.60. The summed E-state index contributed by atoms with van der Waals surface area (Å²) in [5.41, 5.74) is 6.32. The van der Waals surface area contributed by atoms with Gasteiger partial charge in [0, 0.05) is 18.1 Å². The summed E-state index contributed by atoms with van der Waals surface area (Å²) >= 11 is 1.11. The topological polar surface area (TPSA) is 105 Å². The van der Waals surface area contributed by atoms with Crippen molar-refractivity contribution in [2.75, 3.05) is 20.0 Å². The molecule has 2 N–H and O–H groups in total. The largest absolute Gasteiger partial charge is 0.497 e. The number of hydrogen-bond donors (Lipinski definition) is 1. The standard InChI is InChI=1S/C13H13N5O3S/c1-20-8-4-3-7(10(6-8)21-2)5-9-11(19)18-13(16-15-9)22-12(14)17-18/h3-4,6H,5H2,1-2H3,(H2,14,17). The maximum atomic E-state index is 12.4. The van der Waals surface area contributed by atoms with E-state index in [-0.39, 0.29) is 22.8 Å². The van der Waals surface area contributed by atoms with Gasteiger partial charge in [-0.3, -0.25) is 4.79 Å². The fourth-order valence-corrected chi connectivity index (χ4v) is 2.65. The quantitative estimate of drug-likeness (QED) is 0.756. The molecule has 0 fully saturated rings. The van der Waals surface area contributed by atoms with E-state index in [0.717, 1.165) is 16.9 Å². The summed E-state index contributed by atoms with van der Waals surface area (Å²) in [6.07, 6.45) is 0.277. The summed E-state index contributed by atoms with van der Waals surface area (Å²) in [5.74, 6) is 1.29. The van der Waals surface area contributed by atoms with Crippen LogP contribution >= 0.6 is 11.3 Å². The molecule has 0 aliphatic rings. The van der Waals surface area contributed by atoms with Gasteiger partial charge in [-0.25, -0.2) is 0 Å². The molecule has 1 aromatic carbocycles. The zero-order valence-corrected chi connectivity index (χ0v) is 12.8. The molecule has 0 saturated carbocycles. The Kier molecular flexibility index (Phi) is 3.63. The van der Waals surface area contributed by atoms with E-state index in [2.05, 4.69) is 15.3 Å². The van der Waals surface area contributed by atoms with E-state index in [1.165, 1.54) is 4.52 Å². The maximum absolute atomic E-state index is 12.4. The molecule has 2 aromatic heterocycles. The van der Waals surface area contributed by atoms with Crippen LogP contribution in [0.2, 0.25) is 0 Å². The van der Waals surface area contributed by atoms with Crippen LogP contribution in [0.5, 0.6) is 11.5 Å². The molecule has 0 saturated heterocycles. The lowest BCUT2D eigenvalue weighted by atomic mass is 10.1. The number of ether oxygens (including phenoxy) is 2. The highest BCUT2D eigenvalue weighted by Gasteiger charge is 2.14. The third-order valence-corrected chi connectivity index (χ3v) is 3.85. The Labute approximate surface area is 129 Å². The average molecular weight is 319 g/mol. The number of nitrogens with zero attached hydrogens (tertiary/aromatic N) is 4. The highest BCUT2D eigenvalue weighted by atomic mass is 32.1. The number of nitrogens with two attached hydrogens (primary N) is 1. The molecule has 3 rings (SSSR count). The first-order valence-electron chi connectivity index (χ1n) is 6.34. The molecule has 0 spiro atoms. The first-order chi connectivity index (χ1) is 10.6. The fraction of sp³-hybridized carbons (Fsp3) is 0.231. The fourth-order valence-electron chi connectivity index (χ4n) is 2.05. The summed E-state index contributed by atoms with van der Waals surface area (Å²) in [7, 11) is 3.13. The van der Waals surface area contributed by atoms with E-state index in [1.807, 2.05) is 6.07 Å². The molecule has 22 heavy (non-hydrogen) atoms. The SMILES string of the molecule is COc1ccc(Cc2nnc3sc(N)nn3c2=O)c(OC)c1. The number of anilines is 1. The normalized spacial score (nSPS) is 10.8. The lowest BCUT2D eigenvalue weighted by Gasteiger charge is -2.09. The Balaban J connectivity index is 2.03. The van der Waals surface area contributed by atoms with Gasteiger partial charge in [-0.2, -0.15) is 4.52 Å². The van der Waals surface area contributed by atoms with E-state index in [0.29, 0.717) is 16.5 Å². The lowest BCUT2D eigenvalue weighted by molar-refractivity contribution is 0.391. The van der Waals surface area contributed by atoms with E-state index in [1.54, 1.807) is 26.4 Å². The molecule has 114 valence electrons.